The van der Waals surface area contributed by atoms with Gasteiger partial charge in [0.05, 0.1) is 31.2 Å². The number of rotatable bonds is 13. The summed E-state index contributed by atoms with van der Waals surface area (Å²) < 4.78 is 5.78. The van der Waals surface area contributed by atoms with Gasteiger partial charge in [-0.3, -0.25) is 33.7 Å². The molecule has 278 valence electrons. The van der Waals surface area contributed by atoms with Gasteiger partial charge in [0.2, 0.25) is 35.4 Å². The van der Waals surface area contributed by atoms with Crippen molar-refractivity contribution < 1.29 is 38.6 Å². The van der Waals surface area contributed by atoms with Crippen LogP contribution in [0.5, 0.6) is 5.75 Å². The monoisotopic (exact) mass is 701 g/mol. The van der Waals surface area contributed by atoms with E-state index >= 15 is 0 Å². The third-order valence-corrected chi connectivity index (χ3v) is 9.45. The van der Waals surface area contributed by atoms with Crippen LogP contribution in [0.4, 0.5) is 0 Å². The van der Waals surface area contributed by atoms with E-state index in [-0.39, 0.29) is 31.2 Å². The van der Waals surface area contributed by atoms with Crippen molar-refractivity contribution in [2.45, 2.75) is 115 Å². The van der Waals surface area contributed by atoms with Gasteiger partial charge < -0.3 is 42.6 Å². The molecular weight excluding hydrogens is 646 g/mol. The molecule has 0 spiro atoms. The number of amides is 6. The zero-order valence-electron chi connectivity index (χ0n) is 29.6. The minimum absolute atomic E-state index is 0.00830. The van der Waals surface area contributed by atoms with E-state index < -0.39 is 78.2 Å². The second-order valence-corrected chi connectivity index (χ2v) is 13.8. The van der Waals surface area contributed by atoms with E-state index in [0.29, 0.717) is 51.0 Å². The van der Waals surface area contributed by atoms with Crippen molar-refractivity contribution in [1.29, 1.82) is 0 Å². The Morgan fingerprint density at radius 1 is 1.00 bits per heavy atom. The summed E-state index contributed by atoms with van der Waals surface area (Å²) in [6, 6.07) is 2.68. The molecule has 1 unspecified atom stereocenters. The predicted molar refractivity (Wildman–Crippen MR) is 185 cm³/mol. The number of benzene rings is 1. The van der Waals surface area contributed by atoms with Gasteiger partial charge in [-0.05, 0) is 68.2 Å². The number of hydrogen-bond donors (Lipinski definition) is 7. The fourth-order valence-corrected chi connectivity index (χ4v) is 6.27. The number of primary amides is 2. The lowest BCUT2D eigenvalue weighted by atomic mass is 9.96. The van der Waals surface area contributed by atoms with Crippen molar-refractivity contribution in [3.05, 3.63) is 29.8 Å². The lowest BCUT2D eigenvalue weighted by molar-refractivity contribution is -0.134. The zero-order chi connectivity index (χ0) is 37.0. The molecule has 0 radical (unpaired) electrons. The first-order valence-electron chi connectivity index (χ1n) is 17.6. The lowest BCUT2D eigenvalue weighted by Gasteiger charge is -2.33. The smallest absolute Gasteiger partial charge is 0.243 e. The van der Waals surface area contributed by atoms with Gasteiger partial charge in [0.25, 0.3) is 0 Å². The molecule has 1 aromatic rings. The van der Waals surface area contributed by atoms with Crippen LogP contribution >= 0.6 is 0 Å². The number of carbonyl (C=O) groups is 6. The lowest BCUT2D eigenvalue weighted by Crippen LogP contribution is -2.59. The van der Waals surface area contributed by atoms with E-state index in [4.69, 9.17) is 16.2 Å². The first-order chi connectivity index (χ1) is 23.7. The van der Waals surface area contributed by atoms with Gasteiger partial charge in [-0.1, -0.05) is 46.2 Å². The minimum atomic E-state index is -1.24. The van der Waals surface area contributed by atoms with Crippen LogP contribution < -0.4 is 37.5 Å². The van der Waals surface area contributed by atoms with Crippen LogP contribution in [0.1, 0.15) is 78.2 Å². The van der Waals surface area contributed by atoms with Gasteiger partial charge in [-0.2, -0.15) is 0 Å². The Morgan fingerprint density at radius 2 is 1.70 bits per heavy atom. The maximum Gasteiger partial charge on any atom is 0.243 e. The number of carbonyl (C=O) groups excluding carboxylic acids is 6. The van der Waals surface area contributed by atoms with E-state index in [2.05, 4.69) is 21.3 Å². The summed E-state index contributed by atoms with van der Waals surface area (Å²) >= 11 is 0. The normalized spacial score (nSPS) is 23.1. The topological polar surface area (TPSA) is 235 Å². The first-order valence-corrected chi connectivity index (χ1v) is 17.6. The molecule has 0 aromatic heterocycles. The fraction of sp³-hybridized carbons (Fsp3) is 0.657. The standard InChI is InChI=1S/C35H55N7O8/c1-5-21(4)31(35(49)40-30(20(2)3)32(37)46)41-34(48)26-9-8-15-42(26)19-27(43)24-17-22-11-13-23(14-12-22)50-16-7-6-10-29(45)38-25(18-28(36)44)33(47)39-24/h11-14,20-21,24-27,30-31,43H,5-10,15-19H2,1-4H3,(H2,36,44)(H2,37,46)(H,38,45)(H,39,47)(H,40,49)(H,41,48)/t21-,24-,25-,26-,27+,30-,31?/m0/s1. The molecule has 9 N–H and O–H groups in total. The Kier molecular flexibility index (Phi) is 15.5. The van der Waals surface area contributed by atoms with Crippen LogP contribution in [-0.4, -0.2) is 101 Å². The van der Waals surface area contributed by atoms with Crippen molar-refractivity contribution in [3.8, 4) is 5.75 Å². The Labute approximate surface area is 294 Å². The largest absolute Gasteiger partial charge is 0.494 e. The van der Waals surface area contributed by atoms with Gasteiger partial charge in [0.1, 0.15) is 23.9 Å². The van der Waals surface area contributed by atoms with Crippen LogP contribution in [0.2, 0.25) is 0 Å². The third kappa shape index (κ3) is 12.0. The molecule has 0 aliphatic carbocycles. The van der Waals surface area contributed by atoms with Gasteiger partial charge in [-0.25, -0.2) is 0 Å². The number of likely N-dealkylation sites (tertiary alicyclic amines) is 1. The Hall–Kier alpha value is -4.24. The second-order valence-electron chi connectivity index (χ2n) is 13.8. The number of ether oxygens (including phenoxy) is 1. The second kappa shape index (κ2) is 19.2. The summed E-state index contributed by atoms with van der Waals surface area (Å²) in [6.45, 7) is 8.16. The van der Waals surface area contributed by atoms with E-state index in [1.807, 2.05) is 30.9 Å². The van der Waals surface area contributed by atoms with E-state index in [0.717, 1.165) is 5.56 Å². The maximum absolute atomic E-state index is 13.7. The number of aliphatic hydroxyl groups excluding tert-OH is 1. The summed E-state index contributed by atoms with van der Waals surface area (Å²) in [5.41, 5.74) is 11.7. The number of nitrogens with two attached hydrogens (primary N) is 2. The number of β-amino-alcohol motifs (C(OH)–C–C–N with tert-alkyl or cyclic N) is 1. The summed E-state index contributed by atoms with van der Waals surface area (Å²) in [6.07, 6.45) is 1.57. The van der Waals surface area contributed by atoms with Gasteiger partial charge in [0, 0.05) is 13.0 Å². The maximum atomic E-state index is 13.7. The molecule has 0 saturated carbocycles. The van der Waals surface area contributed by atoms with E-state index in [9.17, 15) is 33.9 Å². The van der Waals surface area contributed by atoms with Crippen LogP contribution in [0.15, 0.2) is 24.3 Å². The summed E-state index contributed by atoms with van der Waals surface area (Å²) in [7, 11) is 0. The predicted octanol–water partition coefficient (Wildman–Crippen LogP) is -0.381. The molecule has 15 nitrogen and oxygen atoms in total. The first kappa shape index (κ1) is 40.2. The molecule has 50 heavy (non-hydrogen) atoms. The summed E-state index contributed by atoms with van der Waals surface area (Å²) in [5, 5.41) is 22.6. The molecule has 3 heterocycles. The molecule has 1 fully saturated rings. The molecule has 2 bridgehead atoms. The molecular formula is C35H55N7O8. The molecule has 3 aliphatic heterocycles. The van der Waals surface area contributed by atoms with Crippen molar-refractivity contribution in [3.63, 3.8) is 0 Å². The molecule has 15 heteroatoms. The minimum Gasteiger partial charge on any atom is -0.494 e. The van der Waals surface area contributed by atoms with Crippen LogP contribution in [0.3, 0.4) is 0 Å². The van der Waals surface area contributed by atoms with E-state index in [1.54, 1.807) is 26.0 Å². The Balaban J connectivity index is 1.81. The van der Waals surface area contributed by atoms with Gasteiger partial charge >= 0.3 is 0 Å². The molecule has 7 atom stereocenters. The Bertz CT molecular complexity index is 1340. The number of hydrogen-bond acceptors (Lipinski definition) is 9. The van der Waals surface area contributed by atoms with Crippen molar-refractivity contribution in [2.24, 2.45) is 23.3 Å². The van der Waals surface area contributed by atoms with Gasteiger partial charge in [-0.15, -0.1) is 0 Å². The molecule has 6 amide bonds. The highest BCUT2D eigenvalue weighted by Gasteiger charge is 2.38. The SMILES string of the molecule is CC[C@H](C)C(NC(=O)[C@@H]1CCCN1C[C@@H](O)[C@@H]1Cc2ccc(cc2)OCCCCC(=O)N[C@@H](CC(N)=O)C(=O)N1)C(=O)N[C@H](C(N)=O)C(C)C. The fourth-order valence-electron chi connectivity index (χ4n) is 6.27. The molecule has 3 aliphatic rings. The number of nitrogens with one attached hydrogen (secondary N) is 4. The average Bonchev–Trinajstić information content (AvgIpc) is 3.52. The van der Waals surface area contributed by atoms with E-state index in [1.165, 1.54) is 0 Å². The highest BCUT2D eigenvalue weighted by atomic mass is 16.5. The highest BCUT2D eigenvalue weighted by Crippen LogP contribution is 2.21. The number of fused-ring (bicyclic) bond motifs is 13. The van der Waals surface area contributed by atoms with Crippen molar-refractivity contribution >= 4 is 35.4 Å². The molecule has 1 saturated heterocycles. The zero-order valence-corrected chi connectivity index (χ0v) is 29.6. The number of aliphatic hydroxyl groups is 1. The van der Waals surface area contributed by atoms with Crippen LogP contribution in [-0.2, 0) is 35.2 Å². The van der Waals surface area contributed by atoms with Crippen LogP contribution in [0.25, 0.3) is 0 Å². The highest BCUT2D eigenvalue weighted by molar-refractivity contribution is 5.93. The van der Waals surface area contributed by atoms with Gasteiger partial charge in [0.15, 0.2) is 0 Å². The third-order valence-electron chi connectivity index (χ3n) is 9.45. The van der Waals surface area contributed by atoms with Crippen LogP contribution in [0, 0.1) is 11.8 Å². The Morgan fingerprint density at radius 3 is 2.32 bits per heavy atom. The average molecular weight is 702 g/mol. The molecule has 1 aromatic carbocycles. The summed E-state index contributed by atoms with van der Waals surface area (Å²) in [5.74, 6) is -3.26. The summed E-state index contributed by atoms with van der Waals surface area (Å²) in [4.78, 5) is 78.7. The molecule has 4 rings (SSSR count). The number of nitrogens with zero attached hydrogens (tertiary/aromatic N) is 1. The van der Waals surface area contributed by atoms with Crippen molar-refractivity contribution in [1.82, 2.24) is 26.2 Å². The quantitative estimate of drug-likeness (QED) is 0.142. The van der Waals surface area contributed by atoms with Crippen molar-refractivity contribution in [2.75, 3.05) is 19.7 Å².